The highest BCUT2D eigenvalue weighted by Gasteiger charge is 2.03. The third kappa shape index (κ3) is 2.66. The van der Waals surface area contributed by atoms with Crippen LogP contribution in [0.25, 0.3) is 5.57 Å². The van der Waals surface area contributed by atoms with Gasteiger partial charge in [-0.25, -0.2) is 4.79 Å². The van der Waals surface area contributed by atoms with Crippen LogP contribution in [-0.4, -0.2) is 33.2 Å². The van der Waals surface area contributed by atoms with Crippen LogP contribution < -0.4 is 0 Å². The van der Waals surface area contributed by atoms with Crippen molar-refractivity contribution in [2.75, 3.05) is 6.61 Å². The second-order valence-electron chi connectivity index (χ2n) is 2.31. The SMILES string of the molecule is CCOC(=O)/C=C(\C)c1nn[nH]n1. The van der Waals surface area contributed by atoms with Gasteiger partial charge < -0.3 is 4.74 Å². The van der Waals surface area contributed by atoms with E-state index in [0.29, 0.717) is 18.0 Å². The summed E-state index contributed by atoms with van der Waals surface area (Å²) in [5, 5.41) is 13.1. The molecule has 13 heavy (non-hydrogen) atoms. The summed E-state index contributed by atoms with van der Waals surface area (Å²) in [6.45, 7) is 3.81. The number of hydrogen-bond donors (Lipinski definition) is 1. The van der Waals surface area contributed by atoms with Crippen molar-refractivity contribution in [3.8, 4) is 0 Å². The minimum absolute atomic E-state index is 0.356. The zero-order valence-electron chi connectivity index (χ0n) is 7.44. The Kier molecular flexibility index (Phi) is 3.13. The summed E-state index contributed by atoms with van der Waals surface area (Å²) in [5.41, 5.74) is 0.618. The molecule has 0 aliphatic carbocycles. The molecule has 1 N–H and O–H groups in total. The predicted octanol–water partition coefficient (Wildman–Crippen LogP) is 0.166. The molecule has 1 rings (SSSR count). The van der Waals surface area contributed by atoms with Crippen LogP contribution >= 0.6 is 0 Å². The molecule has 1 heterocycles. The summed E-state index contributed by atoms with van der Waals surface area (Å²) in [4.78, 5) is 11.0. The lowest BCUT2D eigenvalue weighted by atomic mass is 10.3. The molecule has 0 radical (unpaired) electrons. The van der Waals surface area contributed by atoms with Gasteiger partial charge >= 0.3 is 5.97 Å². The average molecular weight is 182 g/mol. The fourth-order valence-corrected chi connectivity index (χ4v) is 0.754. The smallest absolute Gasteiger partial charge is 0.331 e. The van der Waals surface area contributed by atoms with Gasteiger partial charge in [0, 0.05) is 11.6 Å². The first-order chi connectivity index (χ1) is 6.24. The van der Waals surface area contributed by atoms with E-state index in [2.05, 4.69) is 20.6 Å². The molecular weight excluding hydrogens is 172 g/mol. The molecule has 6 heteroatoms. The van der Waals surface area contributed by atoms with E-state index in [1.807, 2.05) is 0 Å². The maximum Gasteiger partial charge on any atom is 0.331 e. The number of esters is 1. The van der Waals surface area contributed by atoms with E-state index in [0.717, 1.165) is 0 Å². The first kappa shape index (κ1) is 9.37. The monoisotopic (exact) mass is 182 g/mol. The van der Waals surface area contributed by atoms with E-state index in [1.165, 1.54) is 6.08 Å². The number of aromatic nitrogens is 4. The molecule has 0 aliphatic heterocycles. The number of nitrogens with zero attached hydrogens (tertiary/aromatic N) is 3. The molecule has 0 aliphatic rings. The fourth-order valence-electron chi connectivity index (χ4n) is 0.754. The van der Waals surface area contributed by atoms with Gasteiger partial charge in [-0.1, -0.05) is 0 Å². The van der Waals surface area contributed by atoms with E-state index in [9.17, 15) is 4.79 Å². The molecule has 1 aromatic rings. The summed E-state index contributed by atoms with van der Waals surface area (Å²) < 4.78 is 4.71. The Morgan fingerprint density at radius 1 is 1.69 bits per heavy atom. The van der Waals surface area contributed by atoms with E-state index >= 15 is 0 Å². The molecule has 0 atom stereocenters. The van der Waals surface area contributed by atoms with Crippen molar-refractivity contribution in [2.45, 2.75) is 13.8 Å². The number of nitrogens with one attached hydrogen (secondary N) is 1. The summed E-state index contributed by atoms with van der Waals surface area (Å²) in [7, 11) is 0. The Labute approximate surface area is 75.0 Å². The molecule has 0 aromatic carbocycles. The van der Waals surface area contributed by atoms with Crippen molar-refractivity contribution >= 4 is 11.5 Å². The van der Waals surface area contributed by atoms with Crippen LogP contribution in [-0.2, 0) is 9.53 Å². The molecule has 0 bridgehead atoms. The number of rotatable bonds is 3. The molecule has 0 saturated carbocycles. The number of aromatic amines is 1. The number of tetrazole rings is 1. The highest BCUT2D eigenvalue weighted by molar-refractivity contribution is 5.89. The van der Waals surface area contributed by atoms with Crippen LogP contribution in [0.2, 0.25) is 0 Å². The van der Waals surface area contributed by atoms with Gasteiger partial charge in [0.1, 0.15) is 0 Å². The fraction of sp³-hybridized carbons (Fsp3) is 0.429. The molecule has 0 amide bonds. The van der Waals surface area contributed by atoms with Crippen molar-refractivity contribution in [1.29, 1.82) is 0 Å². The van der Waals surface area contributed by atoms with E-state index < -0.39 is 5.97 Å². The zero-order chi connectivity index (χ0) is 9.68. The number of carbonyl (C=O) groups excluding carboxylic acids is 1. The lowest BCUT2D eigenvalue weighted by molar-refractivity contribution is -0.137. The maximum absolute atomic E-state index is 11.0. The number of carbonyl (C=O) groups is 1. The molecule has 0 fully saturated rings. The second-order valence-corrected chi connectivity index (χ2v) is 2.31. The third-order valence-corrected chi connectivity index (χ3v) is 1.32. The van der Waals surface area contributed by atoms with Gasteiger partial charge in [-0.05, 0) is 19.1 Å². The second kappa shape index (κ2) is 4.34. The minimum Gasteiger partial charge on any atom is -0.463 e. The van der Waals surface area contributed by atoms with Crippen LogP contribution in [0.5, 0.6) is 0 Å². The molecule has 6 nitrogen and oxygen atoms in total. The summed E-state index contributed by atoms with van der Waals surface area (Å²) in [6.07, 6.45) is 1.33. The highest BCUT2D eigenvalue weighted by atomic mass is 16.5. The summed E-state index contributed by atoms with van der Waals surface area (Å²) in [5.74, 6) is -0.00199. The van der Waals surface area contributed by atoms with E-state index in [1.54, 1.807) is 13.8 Å². The van der Waals surface area contributed by atoms with Crippen molar-refractivity contribution in [3.63, 3.8) is 0 Å². The number of ether oxygens (including phenoxy) is 1. The van der Waals surface area contributed by atoms with Crippen LogP contribution in [0.1, 0.15) is 19.7 Å². The first-order valence-corrected chi connectivity index (χ1v) is 3.83. The van der Waals surface area contributed by atoms with Gasteiger partial charge in [-0.2, -0.15) is 5.21 Å². The maximum atomic E-state index is 11.0. The van der Waals surface area contributed by atoms with Crippen molar-refractivity contribution in [1.82, 2.24) is 20.6 Å². The normalized spacial score (nSPS) is 11.4. The van der Waals surface area contributed by atoms with Gasteiger partial charge in [-0.15, -0.1) is 10.2 Å². The van der Waals surface area contributed by atoms with Gasteiger partial charge in [0.05, 0.1) is 6.61 Å². The highest BCUT2D eigenvalue weighted by Crippen LogP contribution is 2.04. The quantitative estimate of drug-likeness (QED) is 0.532. The molecule has 1 aromatic heterocycles. The lowest BCUT2D eigenvalue weighted by Crippen LogP contribution is -2.00. The zero-order valence-corrected chi connectivity index (χ0v) is 7.44. The van der Waals surface area contributed by atoms with Crippen LogP contribution in [0.3, 0.4) is 0 Å². The molecule has 70 valence electrons. The average Bonchev–Trinajstić information content (AvgIpc) is 2.55. The first-order valence-electron chi connectivity index (χ1n) is 3.83. The van der Waals surface area contributed by atoms with Gasteiger partial charge in [0.15, 0.2) is 0 Å². The predicted molar refractivity (Wildman–Crippen MR) is 44.5 cm³/mol. The number of hydrogen-bond acceptors (Lipinski definition) is 5. The summed E-state index contributed by atoms with van der Waals surface area (Å²) >= 11 is 0. The lowest BCUT2D eigenvalue weighted by Gasteiger charge is -1.95. The topological polar surface area (TPSA) is 80.8 Å². The van der Waals surface area contributed by atoms with Gasteiger partial charge in [0.2, 0.25) is 5.82 Å². The molecule has 0 spiro atoms. The minimum atomic E-state index is -0.398. The molecule has 0 unspecified atom stereocenters. The standard InChI is InChI=1S/C7H10N4O2/c1-3-13-6(12)4-5(2)7-8-10-11-9-7/h4H,3H2,1-2H3,(H,8,9,10,11)/b5-4+. The molecular formula is C7H10N4O2. The Balaban J connectivity index is 2.67. The number of H-pyrrole nitrogens is 1. The van der Waals surface area contributed by atoms with E-state index in [-0.39, 0.29) is 0 Å². The Hall–Kier alpha value is -1.72. The van der Waals surface area contributed by atoms with Crippen molar-refractivity contribution in [2.24, 2.45) is 0 Å². The number of allylic oxidation sites excluding steroid dienone is 1. The molecule has 0 saturated heterocycles. The summed E-state index contributed by atoms with van der Waals surface area (Å²) in [6, 6.07) is 0. The van der Waals surface area contributed by atoms with Crippen LogP contribution in [0, 0.1) is 0 Å². The Morgan fingerprint density at radius 2 is 2.46 bits per heavy atom. The Morgan fingerprint density at radius 3 is 3.00 bits per heavy atom. The van der Waals surface area contributed by atoms with Crippen molar-refractivity contribution in [3.05, 3.63) is 11.9 Å². The van der Waals surface area contributed by atoms with E-state index in [4.69, 9.17) is 4.74 Å². The largest absolute Gasteiger partial charge is 0.463 e. The van der Waals surface area contributed by atoms with Gasteiger partial charge in [0.25, 0.3) is 0 Å². The van der Waals surface area contributed by atoms with Gasteiger partial charge in [-0.3, -0.25) is 0 Å². The van der Waals surface area contributed by atoms with Crippen LogP contribution in [0.4, 0.5) is 0 Å². The Bertz CT molecular complexity index is 304. The van der Waals surface area contributed by atoms with Crippen molar-refractivity contribution < 1.29 is 9.53 Å². The van der Waals surface area contributed by atoms with Crippen LogP contribution in [0.15, 0.2) is 6.08 Å². The third-order valence-electron chi connectivity index (χ3n) is 1.32.